The highest BCUT2D eigenvalue weighted by atomic mass is 19.4. The van der Waals surface area contributed by atoms with E-state index in [9.17, 15) is 22.4 Å². The maximum Gasteiger partial charge on any atom is 0.417 e. The molecule has 7 nitrogen and oxygen atoms in total. The summed E-state index contributed by atoms with van der Waals surface area (Å²) in [6.45, 7) is 0.980. The number of H-pyrrole nitrogens is 1. The van der Waals surface area contributed by atoms with Gasteiger partial charge in [-0.2, -0.15) is 18.2 Å². The largest absolute Gasteiger partial charge is 0.417 e. The van der Waals surface area contributed by atoms with Crippen LogP contribution in [0.15, 0.2) is 12.1 Å². The monoisotopic (exact) mass is 386 g/mol. The lowest BCUT2D eigenvalue weighted by Gasteiger charge is -2.22. The lowest BCUT2D eigenvalue weighted by atomic mass is 9.96. The Morgan fingerprint density at radius 2 is 2.00 bits per heavy atom. The Labute approximate surface area is 151 Å². The summed E-state index contributed by atoms with van der Waals surface area (Å²) in [5, 5.41) is 11.3. The Morgan fingerprint density at radius 1 is 1.30 bits per heavy atom. The van der Waals surface area contributed by atoms with Crippen LogP contribution in [0.1, 0.15) is 24.0 Å². The molecule has 0 aliphatic carbocycles. The fraction of sp³-hybridized carbons (Fsp3) is 0.438. The summed E-state index contributed by atoms with van der Waals surface area (Å²) >= 11 is 0. The number of carbonyl (C=O) groups is 1. The SMILES string of the molecule is Nc1n[nH]c(-c2c(F)ccc(CNC(=O)C3CCNCC3)c2C(F)(F)F)n1. The van der Waals surface area contributed by atoms with E-state index in [1.807, 2.05) is 0 Å². The number of carbonyl (C=O) groups excluding carboxylic acids is 1. The molecule has 0 radical (unpaired) electrons. The van der Waals surface area contributed by atoms with E-state index in [1.165, 1.54) is 0 Å². The molecule has 2 heterocycles. The van der Waals surface area contributed by atoms with Crippen molar-refractivity contribution >= 4 is 11.9 Å². The number of benzene rings is 1. The molecule has 0 spiro atoms. The van der Waals surface area contributed by atoms with E-state index >= 15 is 0 Å². The van der Waals surface area contributed by atoms with E-state index < -0.39 is 28.9 Å². The van der Waals surface area contributed by atoms with Crippen molar-refractivity contribution in [2.24, 2.45) is 5.92 Å². The highest BCUT2D eigenvalue weighted by Crippen LogP contribution is 2.40. The van der Waals surface area contributed by atoms with Crippen LogP contribution in [-0.2, 0) is 17.5 Å². The molecule has 11 heteroatoms. The minimum absolute atomic E-state index is 0.255. The molecule has 27 heavy (non-hydrogen) atoms. The second kappa shape index (κ2) is 7.51. The van der Waals surface area contributed by atoms with Crippen LogP contribution in [0.25, 0.3) is 11.4 Å². The quantitative estimate of drug-likeness (QED) is 0.600. The molecule has 0 unspecified atom stereocenters. The highest BCUT2D eigenvalue weighted by Gasteiger charge is 2.39. The van der Waals surface area contributed by atoms with E-state index in [0.29, 0.717) is 25.9 Å². The van der Waals surface area contributed by atoms with E-state index in [4.69, 9.17) is 5.73 Å². The first-order chi connectivity index (χ1) is 12.8. The van der Waals surface area contributed by atoms with Gasteiger partial charge in [0.1, 0.15) is 5.82 Å². The number of hydrogen-bond donors (Lipinski definition) is 4. The average molecular weight is 386 g/mol. The second-order valence-corrected chi connectivity index (χ2v) is 6.24. The normalized spacial score (nSPS) is 15.7. The van der Waals surface area contributed by atoms with Gasteiger partial charge in [0.15, 0.2) is 5.82 Å². The lowest BCUT2D eigenvalue weighted by molar-refractivity contribution is -0.138. The molecule has 146 valence electrons. The van der Waals surface area contributed by atoms with E-state index in [-0.39, 0.29) is 29.9 Å². The Kier molecular flexibility index (Phi) is 5.31. The molecule has 1 aliphatic heterocycles. The molecule has 1 aromatic heterocycles. The maximum atomic E-state index is 14.2. The molecular weight excluding hydrogens is 368 g/mol. The van der Waals surface area contributed by atoms with Crippen LogP contribution < -0.4 is 16.4 Å². The predicted molar refractivity (Wildman–Crippen MR) is 88.6 cm³/mol. The fourth-order valence-corrected chi connectivity index (χ4v) is 3.12. The molecular formula is C16H18F4N6O. The number of piperidine rings is 1. The van der Waals surface area contributed by atoms with Crippen molar-refractivity contribution in [2.75, 3.05) is 18.8 Å². The zero-order valence-electron chi connectivity index (χ0n) is 14.2. The lowest BCUT2D eigenvalue weighted by Crippen LogP contribution is -2.38. The van der Waals surface area contributed by atoms with Crippen molar-refractivity contribution in [3.63, 3.8) is 0 Å². The second-order valence-electron chi connectivity index (χ2n) is 6.24. The van der Waals surface area contributed by atoms with E-state index in [1.54, 1.807) is 0 Å². The number of nitrogens with two attached hydrogens (primary N) is 1. The Hall–Kier alpha value is -2.69. The molecule has 5 N–H and O–H groups in total. The summed E-state index contributed by atoms with van der Waals surface area (Å²) in [6.07, 6.45) is -3.64. The van der Waals surface area contributed by atoms with Crippen LogP contribution in [0.4, 0.5) is 23.5 Å². The van der Waals surface area contributed by atoms with Crippen LogP contribution >= 0.6 is 0 Å². The molecule has 1 amide bonds. The summed E-state index contributed by atoms with van der Waals surface area (Å²) in [5.41, 5.74) is 3.06. The topological polar surface area (TPSA) is 109 Å². The number of nitrogens with zero attached hydrogens (tertiary/aromatic N) is 2. The number of rotatable bonds is 4. The Bertz CT molecular complexity index is 829. The van der Waals surface area contributed by atoms with Crippen molar-refractivity contribution in [1.29, 1.82) is 0 Å². The number of aromatic amines is 1. The molecule has 2 aromatic rings. The number of hydrogen-bond acceptors (Lipinski definition) is 5. The number of amides is 1. The van der Waals surface area contributed by atoms with Crippen molar-refractivity contribution in [1.82, 2.24) is 25.8 Å². The predicted octanol–water partition coefficient (Wildman–Crippen LogP) is 1.83. The number of halogens is 4. The Balaban J connectivity index is 1.92. The standard InChI is InChI=1S/C16H18F4N6O/c17-10-2-1-9(7-23-14(27)8-3-5-22-6-4-8)12(16(18,19)20)11(10)13-24-15(21)26-25-13/h1-2,8,22H,3-7H2,(H,23,27)(H3,21,24,25,26). The molecule has 1 aromatic carbocycles. The van der Waals surface area contributed by atoms with Crippen molar-refractivity contribution < 1.29 is 22.4 Å². The molecule has 1 saturated heterocycles. The van der Waals surface area contributed by atoms with Gasteiger partial charge in [0.25, 0.3) is 0 Å². The van der Waals surface area contributed by atoms with Crippen molar-refractivity contribution in [2.45, 2.75) is 25.6 Å². The van der Waals surface area contributed by atoms with Gasteiger partial charge in [-0.3, -0.25) is 9.89 Å². The van der Waals surface area contributed by atoms with Gasteiger partial charge in [-0.1, -0.05) is 6.07 Å². The minimum atomic E-state index is -4.87. The maximum absolute atomic E-state index is 14.2. The molecule has 0 bridgehead atoms. The van der Waals surface area contributed by atoms with E-state index in [2.05, 4.69) is 25.8 Å². The van der Waals surface area contributed by atoms with Gasteiger partial charge in [-0.25, -0.2) is 4.39 Å². The Morgan fingerprint density at radius 3 is 2.59 bits per heavy atom. The van der Waals surface area contributed by atoms with Crippen LogP contribution in [0.5, 0.6) is 0 Å². The molecule has 1 aliphatic rings. The van der Waals surface area contributed by atoms with Crippen molar-refractivity contribution in [3.05, 3.63) is 29.1 Å². The summed E-state index contributed by atoms with van der Waals surface area (Å²) in [5.74, 6) is -2.42. The first kappa shape index (κ1) is 19.1. The van der Waals surface area contributed by atoms with E-state index in [0.717, 1.165) is 12.1 Å². The zero-order valence-corrected chi connectivity index (χ0v) is 14.2. The van der Waals surface area contributed by atoms with Gasteiger partial charge in [0, 0.05) is 12.5 Å². The summed E-state index contributed by atoms with van der Waals surface area (Å²) in [7, 11) is 0. The number of nitrogen functional groups attached to an aromatic ring is 1. The van der Waals surface area contributed by atoms with Gasteiger partial charge >= 0.3 is 6.18 Å². The van der Waals surface area contributed by atoms with Gasteiger partial charge in [-0.05, 0) is 37.6 Å². The smallest absolute Gasteiger partial charge is 0.366 e. The highest BCUT2D eigenvalue weighted by molar-refractivity contribution is 5.79. The zero-order chi connectivity index (χ0) is 19.6. The van der Waals surface area contributed by atoms with Gasteiger partial charge < -0.3 is 16.4 Å². The van der Waals surface area contributed by atoms with Gasteiger partial charge in [0.2, 0.25) is 11.9 Å². The first-order valence-electron chi connectivity index (χ1n) is 8.32. The third-order valence-electron chi connectivity index (χ3n) is 4.43. The summed E-state index contributed by atoms with van der Waals surface area (Å²) in [4.78, 5) is 15.8. The third kappa shape index (κ3) is 4.18. The van der Waals surface area contributed by atoms with Crippen LogP contribution in [0, 0.1) is 11.7 Å². The van der Waals surface area contributed by atoms with Crippen LogP contribution in [0.3, 0.4) is 0 Å². The van der Waals surface area contributed by atoms with Crippen LogP contribution in [-0.4, -0.2) is 34.2 Å². The summed E-state index contributed by atoms with van der Waals surface area (Å²) in [6, 6.07) is 1.90. The minimum Gasteiger partial charge on any atom is -0.366 e. The number of aromatic nitrogens is 3. The number of nitrogens with one attached hydrogen (secondary N) is 3. The van der Waals surface area contributed by atoms with Gasteiger partial charge in [0.05, 0.1) is 11.1 Å². The summed E-state index contributed by atoms with van der Waals surface area (Å²) < 4.78 is 55.3. The molecule has 3 rings (SSSR count). The van der Waals surface area contributed by atoms with Gasteiger partial charge in [-0.15, -0.1) is 5.10 Å². The van der Waals surface area contributed by atoms with Crippen molar-refractivity contribution in [3.8, 4) is 11.4 Å². The molecule has 1 fully saturated rings. The third-order valence-corrected chi connectivity index (χ3v) is 4.43. The fourth-order valence-electron chi connectivity index (χ4n) is 3.12. The number of anilines is 1. The molecule has 0 atom stereocenters. The molecule has 0 saturated carbocycles. The number of alkyl halides is 3. The van der Waals surface area contributed by atoms with Crippen LogP contribution in [0.2, 0.25) is 0 Å². The first-order valence-corrected chi connectivity index (χ1v) is 8.32. The average Bonchev–Trinajstić information content (AvgIpc) is 3.06.